The Bertz CT molecular complexity index is 1140. The Hall–Kier alpha value is -3.42. The molecule has 0 bridgehead atoms. The second-order valence-corrected chi connectivity index (χ2v) is 8.58. The molecule has 0 saturated carbocycles. The van der Waals surface area contributed by atoms with Gasteiger partial charge in [-0.25, -0.2) is 4.79 Å². The highest BCUT2D eigenvalue weighted by atomic mass is 16.6. The molecule has 31 heavy (non-hydrogen) atoms. The molecule has 0 spiro atoms. The van der Waals surface area contributed by atoms with E-state index in [1.54, 1.807) is 0 Å². The van der Waals surface area contributed by atoms with Crippen molar-refractivity contribution in [2.24, 2.45) is 0 Å². The minimum Gasteiger partial charge on any atom is -0.407 e. The van der Waals surface area contributed by atoms with Crippen LogP contribution in [0.4, 0.5) is 5.69 Å². The van der Waals surface area contributed by atoms with E-state index in [9.17, 15) is 19.7 Å². The predicted molar refractivity (Wildman–Crippen MR) is 118 cm³/mol. The molecule has 164 valence electrons. The van der Waals surface area contributed by atoms with Crippen LogP contribution >= 0.6 is 0 Å². The number of fused-ring (bicyclic) bond motifs is 1. The third-order valence-corrected chi connectivity index (χ3v) is 5.20. The molecule has 0 atom stereocenters. The summed E-state index contributed by atoms with van der Waals surface area (Å²) in [5.74, 6) is -0.669. The van der Waals surface area contributed by atoms with Gasteiger partial charge in [-0.3, -0.25) is 19.5 Å². The molecular formula is C23H27N3O5. The summed E-state index contributed by atoms with van der Waals surface area (Å²) in [6, 6.07) is 12.5. The number of hydrogen-bond acceptors (Lipinski definition) is 5. The number of nitro benzene ring substituents is 1. The van der Waals surface area contributed by atoms with Crippen molar-refractivity contribution in [3.63, 3.8) is 0 Å². The van der Waals surface area contributed by atoms with E-state index in [4.69, 9.17) is 4.42 Å². The number of benzene rings is 2. The largest absolute Gasteiger partial charge is 0.419 e. The Morgan fingerprint density at radius 2 is 1.87 bits per heavy atom. The third-order valence-electron chi connectivity index (χ3n) is 5.20. The van der Waals surface area contributed by atoms with Crippen LogP contribution < -0.4 is 11.1 Å². The third kappa shape index (κ3) is 5.59. The average Bonchev–Trinajstić information content (AvgIpc) is 3.02. The Morgan fingerprint density at radius 1 is 1.16 bits per heavy atom. The first-order valence-corrected chi connectivity index (χ1v) is 10.3. The molecule has 3 aromatic rings. The van der Waals surface area contributed by atoms with Crippen molar-refractivity contribution in [2.75, 3.05) is 6.54 Å². The number of rotatable bonds is 8. The Kier molecular flexibility index (Phi) is 6.58. The lowest BCUT2D eigenvalue weighted by molar-refractivity contribution is -0.384. The highest BCUT2D eigenvalue weighted by Crippen LogP contribution is 2.22. The summed E-state index contributed by atoms with van der Waals surface area (Å²) >= 11 is 0. The topological polar surface area (TPSA) is 107 Å². The fourth-order valence-electron chi connectivity index (χ4n) is 3.38. The van der Waals surface area contributed by atoms with E-state index < -0.39 is 10.7 Å². The van der Waals surface area contributed by atoms with Gasteiger partial charge in [0.1, 0.15) is 0 Å². The van der Waals surface area contributed by atoms with Gasteiger partial charge in [-0.1, -0.05) is 45.0 Å². The molecule has 1 aromatic heterocycles. The fraction of sp³-hybridized carbons (Fsp3) is 0.391. The van der Waals surface area contributed by atoms with Gasteiger partial charge in [-0.15, -0.1) is 0 Å². The number of nitrogens with zero attached hydrogens (tertiary/aromatic N) is 2. The maximum Gasteiger partial charge on any atom is 0.419 e. The molecule has 0 radical (unpaired) electrons. The van der Waals surface area contributed by atoms with Crippen molar-refractivity contribution in [1.29, 1.82) is 0 Å². The Morgan fingerprint density at radius 3 is 2.52 bits per heavy atom. The maximum atomic E-state index is 12.1. The van der Waals surface area contributed by atoms with E-state index in [0.717, 1.165) is 6.42 Å². The second-order valence-electron chi connectivity index (χ2n) is 8.58. The van der Waals surface area contributed by atoms with Crippen molar-refractivity contribution < 1.29 is 14.1 Å². The molecule has 0 fully saturated rings. The fourth-order valence-corrected chi connectivity index (χ4v) is 3.38. The molecule has 8 heteroatoms. The number of oxazole rings is 1. The van der Waals surface area contributed by atoms with Crippen LogP contribution in [-0.4, -0.2) is 21.9 Å². The van der Waals surface area contributed by atoms with E-state index in [0.29, 0.717) is 25.0 Å². The van der Waals surface area contributed by atoms with Gasteiger partial charge in [-0.2, -0.15) is 0 Å². The summed E-state index contributed by atoms with van der Waals surface area (Å²) in [5.41, 5.74) is 3.07. The van der Waals surface area contributed by atoms with E-state index >= 15 is 0 Å². The van der Waals surface area contributed by atoms with E-state index in [1.807, 2.05) is 0 Å². The lowest BCUT2D eigenvalue weighted by atomic mass is 9.86. The first-order chi connectivity index (χ1) is 14.6. The van der Waals surface area contributed by atoms with Crippen molar-refractivity contribution >= 4 is 22.7 Å². The zero-order valence-electron chi connectivity index (χ0n) is 18.0. The maximum absolute atomic E-state index is 12.1. The van der Waals surface area contributed by atoms with Crippen LogP contribution in [0, 0.1) is 10.1 Å². The molecule has 0 aliphatic heterocycles. The number of carbonyl (C=O) groups is 1. The van der Waals surface area contributed by atoms with Gasteiger partial charge in [0.15, 0.2) is 5.58 Å². The molecule has 1 N–H and O–H groups in total. The van der Waals surface area contributed by atoms with Crippen molar-refractivity contribution in [3.8, 4) is 0 Å². The van der Waals surface area contributed by atoms with Crippen LogP contribution in [-0.2, 0) is 23.2 Å². The summed E-state index contributed by atoms with van der Waals surface area (Å²) in [5, 5.41) is 13.8. The molecule has 0 aliphatic rings. The first-order valence-electron chi connectivity index (χ1n) is 10.3. The molecule has 3 rings (SSSR count). The lowest BCUT2D eigenvalue weighted by Gasteiger charge is -2.19. The molecule has 0 aliphatic carbocycles. The lowest BCUT2D eigenvalue weighted by Crippen LogP contribution is -2.26. The van der Waals surface area contributed by atoms with E-state index in [2.05, 4.69) is 50.4 Å². The smallest absolute Gasteiger partial charge is 0.407 e. The van der Waals surface area contributed by atoms with Crippen LogP contribution in [0.1, 0.15) is 44.7 Å². The highest BCUT2D eigenvalue weighted by Gasteiger charge is 2.15. The number of aryl methyl sites for hydroxylation is 1. The minimum absolute atomic E-state index is 0.0807. The summed E-state index contributed by atoms with van der Waals surface area (Å²) in [7, 11) is 0. The summed E-state index contributed by atoms with van der Waals surface area (Å²) < 4.78 is 6.48. The van der Waals surface area contributed by atoms with Crippen molar-refractivity contribution in [2.45, 2.75) is 52.0 Å². The van der Waals surface area contributed by atoms with Gasteiger partial charge in [-0.05, 0) is 35.4 Å². The standard InChI is InChI=1S/C23H27N3O5/c1-23(2,3)17-8-6-16(7-9-17)12-13-24-21(27)5-4-14-25-19-11-10-18(26(29)30)15-20(19)31-22(25)28/h6-11,15H,4-5,12-14H2,1-3H3,(H,24,27). The zero-order valence-corrected chi connectivity index (χ0v) is 18.0. The minimum atomic E-state index is -0.588. The van der Waals surface area contributed by atoms with Gasteiger partial charge < -0.3 is 9.73 Å². The number of hydrogen-bond donors (Lipinski definition) is 1. The Balaban J connectivity index is 1.47. The number of non-ortho nitro benzene ring substituents is 1. The van der Waals surface area contributed by atoms with Gasteiger partial charge in [0.25, 0.3) is 5.69 Å². The summed E-state index contributed by atoms with van der Waals surface area (Å²) in [4.78, 5) is 34.5. The first kappa shape index (κ1) is 22.3. The molecular weight excluding hydrogens is 398 g/mol. The average molecular weight is 425 g/mol. The number of nitrogens with one attached hydrogen (secondary N) is 1. The van der Waals surface area contributed by atoms with Crippen LogP contribution in [0.15, 0.2) is 51.7 Å². The second kappa shape index (κ2) is 9.16. The van der Waals surface area contributed by atoms with E-state index in [-0.39, 0.29) is 29.0 Å². The van der Waals surface area contributed by atoms with Gasteiger partial charge in [0, 0.05) is 25.6 Å². The summed E-state index contributed by atoms with van der Waals surface area (Å²) in [6.45, 7) is 7.36. The Labute approximate surface area is 180 Å². The number of carbonyl (C=O) groups excluding carboxylic acids is 1. The van der Waals surface area contributed by atoms with Crippen molar-refractivity contribution in [1.82, 2.24) is 9.88 Å². The molecule has 1 amide bonds. The zero-order chi connectivity index (χ0) is 22.6. The van der Waals surface area contributed by atoms with Gasteiger partial charge in [0.05, 0.1) is 16.5 Å². The number of nitro groups is 1. The van der Waals surface area contributed by atoms with Gasteiger partial charge >= 0.3 is 5.76 Å². The molecule has 8 nitrogen and oxygen atoms in total. The number of amides is 1. The normalized spacial score (nSPS) is 11.6. The van der Waals surface area contributed by atoms with Gasteiger partial charge in [0.2, 0.25) is 5.91 Å². The van der Waals surface area contributed by atoms with E-state index in [1.165, 1.54) is 33.9 Å². The van der Waals surface area contributed by atoms with Crippen LogP contribution in [0.3, 0.4) is 0 Å². The SMILES string of the molecule is CC(C)(C)c1ccc(CCNC(=O)CCCn2c(=O)oc3cc([N+](=O)[O-])ccc32)cc1. The molecule has 2 aromatic carbocycles. The van der Waals surface area contributed by atoms with Crippen LogP contribution in [0.5, 0.6) is 0 Å². The van der Waals surface area contributed by atoms with Crippen LogP contribution in [0.25, 0.3) is 11.1 Å². The summed E-state index contributed by atoms with van der Waals surface area (Å²) in [6.07, 6.45) is 1.48. The monoisotopic (exact) mass is 425 g/mol. The highest BCUT2D eigenvalue weighted by molar-refractivity contribution is 5.76. The van der Waals surface area contributed by atoms with Crippen LogP contribution in [0.2, 0.25) is 0 Å². The quantitative estimate of drug-likeness (QED) is 0.434. The number of aromatic nitrogens is 1. The molecule has 0 unspecified atom stereocenters. The molecule has 0 saturated heterocycles. The molecule has 1 heterocycles. The predicted octanol–water partition coefficient (Wildman–Crippen LogP) is 3.94. The van der Waals surface area contributed by atoms with Crippen molar-refractivity contribution in [3.05, 3.63) is 74.3 Å².